The Kier molecular flexibility index (Phi) is 3.75. The van der Waals surface area contributed by atoms with Gasteiger partial charge in [-0.25, -0.2) is 14.5 Å². The lowest BCUT2D eigenvalue weighted by molar-refractivity contribution is 0.0687. The van der Waals surface area contributed by atoms with E-state index in [0.717, 1.165) is 9.69 Å². The maximum Gasteiger partial charge on any atom is 0.356 e. The van der Waals surface area contributed by atoms with Crippen molar-refractivity contribution in [1.29, 1.82) is 0 Å². The molecule has 0 saturated heterocycles. The van der Waals surface area contributed by atoms with Gasteiger partial charge >= 0.3 is 5.97 Å². The van der Waals surface area contributed by atoms with Crippen molar-refractivity contribution >= 4 is 17.3 Å². The molecule has 2 rings (SSSR count). The molecule has 7 heteroatoms. The van der Waals surface area contributed by atoms with Crippen molar-refractivity contribution in [2.45, 2.75) is 26.3 Å². The van der Waals surface area contributed by atoms with Crippen LogP contribution in [0.4, 0.5) is 0 Å². The molecule has 0 aliphatic carbocycles. The minimum Gasteiger partial charge on any atom is -0.476 e. The second-order valence-electron chi connectivity index (χ2n) is 4.35. The Balaban J connectivity index is 2.29. The summed E-state index contributed by atoms with van der Waals surface area (Å²) in [5.41, 5.74) is 0.217. The number of hydrogen-bond acceptors (Lipinski definition) is 5. The molecule has 19 heavy (non-hydrogen) atoms. The lowest BCUT2D eigenvalue weighted by Crippen LogP contribution is -2.25. The van der Waals surface area contributed by atoms with Crippen molar-refractivity contribution in [3.8, 4) is 0 Å². The summed E-state index contributed by atoms with van der Waals surface area (Å²) < 4.78 is 1.11. The van der Waals surface area contributed by atoms with E-state index in [-0.39, 0.29) is 17.8 Å². The van der Waals surface area contributed by atoms with Gasteiger partial charge in [-0.05, 0) is 6.07 Å². The number of nitrogens with zero attached hydrogens (tertiary/aromatic N) is 3. The molecule has 1 N–H and O–H groups in total. The fourth-order valence-corrected chi connectivity index (χ4v) is 2.32. The van der Waals surface area contributed by atoms with Gasteiger partial charge < -0.3 is 5.11 Å². The van der Waals surface area contributed by atoms with Crippen LogP contribution in [-0.2, 0) is 6.54 Å². The zero-order valence-electron chi connectivity index (χ0n) is 10.5. The van der Waals surface area contributed by atoms with E-state index in [9.17, 15) is 9.59 Å². The average molecular weight is 279 g/mol. The fraction of sp³-hybridized carbons (Fsp3) is 0.333. The molecular formula is C12H13N3O3S. The molecule has 0 radical (unpaired) electrons. The summed E-state index contributed by atoms with van der Waals surface area (Å²) in [6.45, 7) is 4.26. The van der Waals surface area contributed by atoms with Crippen molar-refractivity contribution in [2.24, 2.45) is 0 Å². The Morgan fingerprint density at radius 3 is 2.79 bits per heavy atom. The number of aromatic carboxylic acids is 1. The highest BCUT2D eigenvalue weighted by Gasteiger charge is 2.10. The van der Waals surface area contributed by atoms with Crippen LogP contribution in [0, 0.1) is 0 Å². The first-order valence-corrected chi connectivity index (χ1v) is 6.61. The summed E-state index contributed by atoms with van der Waals surface area (Å²) in [5, 5.41) is 15.5. The van der Waals surface area contributed by atoms with E-state index in [1.807, 2.05) is 19.2 Å². The van der Waals surface area contributed by atoms with Gasteiger partial charge in [-0.15, -0.1) is 11.3 Å². The molecule has 0 aliphatic heterocycles. The van der Waals surface area contributed by atoms with Gasteiger partial charge in [-0.1, -0.05) is 13.8 Å². The van der Waals surface area contributed by atoms with Gasteiger partial charge in [-0.2, -0.15) is 5.10 Å². The standard InChI is InChI=1S/C12H13N3O3S/c1-7(2)11-13-8(6-19-11)5-15-10(16)4-3-9(14-15)12(17)18/h3-4,6-7H,5H2,1-2H3,(H,17,18). The highest BCUT2D eigenvalue weighted by atomic mass is 32.1. The SMILES string of the molecule is CC(C)c1nc(Cn2nc(C(=O)O)ccc2=O)cs1. The number of rotatable bonds is 4. The van der Waals surface area contributed by atoms with Gasteiger partial charge in [0, 0.05) is 17.4 Å². The molecule has 0 atom stereocenters. The Morgan fingerprint density at radius 2 is 2.21 bits per heavy atom. The summed E-state index contributed by atoms with van der Waals surface area (Å²) in [7, 11) is 0. The van der Waals surface area contributed by atoms with Gasteiger partial charge in [0.05, 0.1) is 17.2 Å². The maximum absolute atomic E-state index is 11.6. The Morgan fingerprint density at radius 1 is 1.47 bits per heavy atom. The van der Waals surface area contributed by atoms with E-state index < -0.39 is 5.97 Å². The first-order chi connectivity index (χ1) is 8.97. The van der Waals surface area contributed by atoms with E-state index in [1.165, 1.54) is 23.5 Å². The summed E-state index contributed by atoms with van der Waals surface area (Å²) in [5.74, 6) is -0.830. The Labute approximate surface area is 113 Å². The summed E-state index contributed by atoms with van der Waals surface area (Å²) in [6.07, 6.45) is 0. The highest BCUT2D eigenvalue weighted by Crippen LogP contribution is 2.19. The molecule has 0 unspecified atom stereocenters. The van der Waals surface area contributed by atoms with E-state index in [1.54, 1.807) is 0 Å². The molecule has 0 saturated carbocycles. The highest BCUT2D eigenvalue weighted by molar-refractivity contribution is 7.09. The third-order valence-corrected chi connectivity index (χ3v) is 3.66. The van der Waals surface area contributed by atoms with Crippen LogP contribution >= 0.6 is 11.3 Å². The van der Waals surface area contributed by atoms with Crippen LogP contribution in [0.5, 0.6) is 0 Å². The zero-order chi connectivity index (χ0) is 14.0. The smallest absolute Gasteiger partial charge is 0.356 e. The minimum absolute atomic E-state index is 0.154. The van der Waals surface area contributed by atoms with Gasteiger partial charge in [0.25, 0.3) is 5.56 Å². The molecular weight excluding hydrogens is 266 g/mol. The van der Waals surface area contributed by atoms with Crippen LogP contribution in [0.15, 0.2) is 22.3 Å². The lowest BCUT2D eigenvalue weighted by Gasteiger charge is -2.03. The van der Waals surface area contributed by atoms with Crippen LogP contribution < -0.4 is 5.56 Å². The molecule has 2 aromatic heterocycles. The molecule has 2 heterocycles. The van der Waals surface area contributed by atoms with Crippen LogP contribution in [0.2, 0.25) is 0 Å². The molecule has 6 nitrogen and oxygen atoms in total. The van der Waals surface area contributed by atoms with Crippen molar-refractivity contribution < 1.29 is 9.90 Å². The molecule has 2 aromatic rings. The van der Waals surface area contributed by atoms with E-state index >= 15 is 0 Å². The summed E-state index contributed by atoms with van der Waals surface area (Å²) in [4.78, 5) is 26.8. The molecule has 0 bridgehead atoms. The van der Waals surface area contributed by atoms with Crippen LogP contribution in [0.1, 0.15) is 41.0 Å². The first-order valence-electron chi connectivity index (χ1n) is 5.73. The second-order valence-corrected chi connectivity index (χ2v) is 5.24. The minimum atomic E-state index is -1.16. The van der Waals surface area contributed by atoms with Gasteiger partial charge in [-0.3, -0.25) is 4.79 Å². The van der Waals surface area contributed by atoms with Crippen molar-refractivity contribution in [2.75, 3.05) is 0 Å². The topological polar surface area (TPSA) is 85.1 Å². The predicted octanol–water partition coefficient (Wildman–Crippen LogP) is 1.57. The quantitative estimate of drug-likeness (QED) is 0.918. The third-order valence-electron chi connectivity index (χ3n) is 2.46. The summed E-state index contributed by atoms with van der Waals surface area (Å²) in [6, 6.07) is 2.40. The van der Waals surface area contributed by atoms with E-state index in [4.69, 9.17) is 5.11 Å². The second kappa shape index (κ2) is 5.31. The number of carbonyl (C=O) groups is 1. The largest absolute Gasteiger partial charge is 0.476 e. The van der Waals surface area contributed by atoms with E-state index in [2.05, 4.69) is 10.1 Å². The van der Waals surface area contributed by atoms with Gasteiger partial charge in [0.1, 0.15) is 0 Å². The third kappa shape index (κ3) is 3.05. The molecule has 0 fully saturated rings. The average Bonchev–Trinajstić information content (AvgIpc) is 2.80. The Bertz CT molecular complexity index is 660. The van der Waals surface area contributed by atoms with Crippen molar-refractivity contribution in [3.63, 3.8) is 0 Å². The first kappa shape index (κ1) is 13.4. The lowest BCUT2D eigenvalue weighted by atomic mass is 10.2. The Hall–Kier alpha value is -2.02. The van der Waals surface area contributed by atoms with Gasteiger partial charge in [0.2, 0.25) is 0 Å². The molecule has 0 spiro atoms. The maximum atomic E-state index is 11.6. The fourth-order valence-electron chi connectivity index (χ4n) is 1.49. The molecule has 0 aliphatic rings. The van der Waals surface area contributed by atoms with Crippen LogP contribution in [0.3, 0.4) is 0 Å². The zero-order valence-corrected chi connectivity index (χ0v) is 11.3. The summed E-state index contributed by atoms with van der Waals surface area (Å²) >= 11 is 1.52. The van der Waals surface area contributed by atoms with Crippen LogP contribution in [0.25, 0.3) is 0 Å². The molecule has 0 aromatic carbocycles. The monoisotopic (exact) mass is 279 g/mol. The van der Waals surface area contributed by atoms with Crippen molar-refractivity contribution in [1.82, 2.24) is 14.8 Å². The number of carboxylic acids is 1. The number of hydrogen-bond donors (Lipinski definition) is 1. The van der Waals surface area contributed by atoms with Crippen LogP contribution in [-0.4, -0.2) is 25.8 Å². The number of thiazole rings is 1. The molecule has 0 amide bonds. The molecule has 100 valence electrons. The number of carboxylic acid groups (broad SMARTS) is 1. The van der Waals surface area contributed by atoms with Crippen molar-refractivity contribution in [3.05, 3.63) is 44.3 Å². The number of aromatic nitrogens is 3. The normalized spacial score (nSPS) is 10.9. The van der Waals surface area contributed by atoms with Gasteiger partial charge in [0.15, 0.2) is 5.69 Å². The predicted molar refractivity (Wildman–Crippen MR) is 70.8 cm³/mol. The van der Waals surface area contributed by atoms with E-state index in [0.29, 0.717) is 11.6 Å².